The summed E-state index contributed by atoms with van der Waals surface area (Å²) < 4.78 is 11.9. The predicted molar refractivity (Wildman–Crippen MR) is 139 cm³/mol. The van der Waals surface area contributed by atoms with Gasteiger partial charge in [0.15, 0.2) is 5.78 Å². The van der Waals surface area contributed by atoms with Crippen molar-refractivity contribution in [3.8, 4) is 0 Å². The number of benzene rings is 1. The second-order valence-corrected chi connectivity index (χ2v) is 11.7. The Kier molecular flexibility index (Phi) is 6.65. The van der Waals surface area contributed by atoms with Crippen molar-refractivity contribution in [2.24, 2.45) is 29.1 Å². The summed E-state index contributed by atoms with van der Waals surface area (Å²) in [6.45, 7) is 10.6. The molecular weight excluding hydrogens is 486 g/mol. The highest BCUT2D eigenvalue weighted by Crippen LogP contribution is 2.61. The van der Waals surface area contributed by atoms with Crippen LogP contribution in [0.5, 0.6) is 0 Å². The number of ketones is 1. The van der Waals surface area contributed by atoms with Gasteiger partial charge < -0.3 is 25.0 Å². The Morgan fingerprint density at radius 1 is 1.24 bits per heavy atom. The zero-order valence-electron chi connectivity index (χ0n) is 22.3. The first-order valence-corrected chi connectivity index (χ1v) is 13.4. The van der Waals surface area contributed by atoms with Crippen LogP contribution < -0.4 is 5.32 Å². The molecule has 8 heteroatoms. The Morgan fingerprint density at radius 2 is 1.92 bits per heavy atom. The largest absolute Gasteiger partial charge is 0.458 e. The summed E-state index contributed by atoms with van der Waals surface area (Å²) in [5.41, 5.74) is -1.60. The van der Waals surface area contributed by atoms with Crippen molar-refractivity contribution in [1.29, 1.82) is 0 Å². The van der Waals surface area contributed by atoms with Gasteiger partial charge in [0, 0.05) is 30.7 Å². The van der Waals surface area contributed by atoms with E-state index in [1.54, 1.807) is 19.1 Å². The number of amides is 1. The average molecular weight is 524 g/mol. The van der Waals surface area contributed by atoms with Crippen LogP contribution in [0.15, 0.2) is 54.6 Å². The van der Waals surface area contributed by atoms with Crippen LogP contribution in [-0.2, 0) is 30.3 Å². The number of aliphatic hydroxyl groups excluding tert-OH is 1. The molecule has 11 atom stereocenters. The van der Waals surface area contributed by atoms with Crippen molar-refractivity contribution in [1.82, 2.24) is 5.32 Å². The van der Waals surface area contributed by atoms with Gasteiger partial charge in [0.1, 0.15) is 29.3 Å². The summed E-state index contributed by atoms with van der Waals surface area (Å²) in [7, 11) is 0. The maximum atomic E-state index is 14.3. The molecule has 1 saturated carbocycles. The molecule has 2 heterocycles. The molecule has 0 aromatic heterocycles. The van der Waals surface area contributed by atoms with E-state index in [0.717, 1.165) is 5.56 Å². The zero-order chi connectivity index (χ0) is 27.6. The number of carbonyl (C=O) groups is 3. The topological polar surface area (TPSA) is 125 Å². The summed E-state index contributed by atoms with van der Waals surface area (Å²) in [6, 6.07) is 9.48. The summed E-state index contributed by atoms with van der Waals surface area (Å²) in [5, 5.41) is 26.0. The van der Waals surface area contributed by atoms with Crippen LogP contribution in [0.25, 0.3) is 0 Å². The number of hydrogen-bond acceptors (Lipinski definition) is 7. The number of epoxide rings is 1. The van der Waals surface area contributed by atoms with E-state index in [9.17, 15) is 24.6 Å². The third-order valence-corrected chi connectivity index (χ3v) is 9.31. The van der Waals surface area contributed by atoms with Crippen LogP contribution in [0, 0.1) is 29.1 Å². The first-order chi connectivity index (χ1) is 17.9. The van der Waals surface area contributed by atoms with Gasteiger partial charge in [0.05, 0.1) is 6.10 Å². The number of hydrogen-bond donors (Lipinski definition) is 3. The minimum Gasteiger partial charge on any atom is -0.458 e. The van der Waals surface area contributed by atoms with E-state index in [1.807, 2.05) is 37.3 Å². The summed E-state index contributed by atoms with van der Waals surface area (Å²) in [6.07, 6.45) is 0.350. The lowest BCUT2D eigenvalue weighted by Crippen LogP contribution is -2.62. The first kappa shape index (κ1) is 26.8. The normalized spacial score (nSPS) is 45.1. The quantitative estimate of drug-likeness (QED) is 0.315. The molecule has 1 spiro atoms. The van der Waals surface area contributed by atoms with E-state index < -0.39 is 59.2 Å². The van der Waals surface area contributed by atoms with Gasteiger partial charge in [-0.25, -0.2) is 0 Å². The predicted octanol–water partition coefficient (Wildman–Crippen LogP) is 2.13. The van der Waals surface area contributed by atoms with Crippen molar-refractivity contribution in [3.63, 3.8) is 0 Å². The van der Waals surface area contributed by atoms with Gasteiger partial charge in [-0.2, -0.15) is 0 Å². The molecule has 4 aliphatic rings. The zero-order valence-corrected chi connectivity index (χ0v) is 22.3. The van der Waals surface area contributed by atoms with Crippen LogP contribution in [-0.4, -0.2) is 63.9 Å². The maximum Gasteiger partial charge on any atom is 0.303 e. The number of ether oxygens (including phenoxy) is 2. The molecule has 204 valence electrons. The average Bonchev–Trinajstić information content (AvgIpc) is 3.62. The summed E-state index contributed by atoms with van der Waals surface area (Å²) >= 11 is 0. The molecular formula is C30H37NO7. The van der Waals surface area contributed by atoms with Crippen molar-refractivity contribution >= 4 is 17.7 Å². The summed E-state index contributed by atoms with van der Waals surface area (Å²) in [4.78, 5) is 40.0. The van der Waals surface area contributed by atoms with Crippen LogP contribution >= 0.6 is 0 Å². The molecule has 2 saturated heterocycles. The fraction of sp³-hybridized carbons (Fsp3) is 0.567. The molecule has 5 rings (SSSR count). The molecule has 2 aliphatic heterocycles. The lowest BCUT2D eigenvalue weighted by molar-refractivity contribution is -0.175. The Bertz CT molecular complexity index is 1180. The van der Waals surface area contributed by atoms with E-state index in [1.165, 1.54) is 13.8 Å². The number of nitrogens with one attached hydrogen (secondary N) is 1. The second kappa shape index (κ2) is 9.43. The molecule has 2 aliphatic carbocycles. The smallest absolute Gasteiger partial charge is 0.303 e. The number of esters is 1. The van der Waals surface area contributed by atoms with E-state index in [4.69, 9.17) is 9.47 Å². The Hall–Kier alpha value is -2.81. The molecule has 3 fully saturated rings. The van der Waals surface area contributed by atoms with E-state index >= 15 is 0 Å². The highest BCUT2D eigenvalue weighted by atomic mass is 16.6. The maximum absolute atomic E-state index is 14.3. The Morgan fingerprint density at radius 3 is 2.58 bits per heavy atom. The molecule has 1 aromatic carbocycles. The molecule has 38 heavy (non-hydrogen) atoms. The number of allylic oxidation sites excluding steroid dienone is 1. The number of fused-ring (bicyclic) bond motifs is 1. The van der Waals surface area contributed by atoms with Crippen LogP contribution in [0.4, 0.5) is 0 Å². The summed E-state index contributed by atoms with van der Waals surface area (Å²) in [5.74, 6) is -3.34. The highest BCUT2D eigenvalue weighted by molar-refractivity contribution is 5.91. The fourth-order valence-electron chi connectivity index (χ4n) is 7.41. The number of rotatable bonds is 3. The number of Topliss-reactive ketones (excluding diaryl/α,β-unsaturated/α-hetero) is 1. The van der Waals surface area contributed by atoms with Crippen molar-refractivity contribution in [2.45, 2.75) is 76.6 Å². The molecule has 1 amide bonds. The Balaban J connectivity index is 1.70. The number of carbonyl (C=O) groups excluding carboxylic acids is 3. The van der Waals surface area contributed by atoms with Gasteiger partial charge >= 0.3 is 5.97 Å². The van der Waals surface area contributed by atoms with Crippen LogP contribution in [0.1, 0.15) is 39.7 Å². The monoisotopic (exact) mass is 523 g/mol. The molecule has 0 bridgehead atoms. The fourth-order valence-corrected chi connectivity index (χ4v) is 7.41. The van der Waals surface area contributed by atoms with Gasteiger partial charge in [0.25, 0.3) is 0 Å². The van der Waals surface area contributed by atoms with E-state index in [0.29, 0.717) is 18.4 Å². The third-order valence-electron chi connectivity index (χ3n) is 9.31. The molecule has 3 N–H and O–H groups in total. The van der Waals surface area contributed by atoms with Crippen LogP contribution in [0.3, 0.4) is 0 Å². The van der Waals surface area contributed by atoms with Gasteiger partial charge in [-0.05, 0) is 36.8 Å². The van der Waals surface area contributed by atoms with E-state index in [2.05, 4.69) is 11.9 Å². The SMILES string of the molecule is C=C1[C@@H](O)C2/C=C\C[C@H](C)C(=O)[C@](C)(O)[C@@H]3O[C@H]3[C@@H](OC(C)=O)[C@]23C(=O)N[C@@H](Cc2ccccc2)[C@@H]3[C@@H]1C. The minimum absolute atomic E-state index is 0.302. The highest BCUT2D eigenvalue weighted by Gasteiger charge is 2.74. The lowest BCUT2D eigenvalue weighted by atomic mass is 9.51. The third kappa shape index (κ3) is 3.96. The van der Waals surface area contributed by atoms with Gasteiger partial charge in [0.2, 0.25) is 5.91 Å². The first-order valence-electron chi connectivity index (χ1n) is 13.4. The molecule has 1 unspecified atom stereocenters. The van der Waals surface area contributed by atoms with Crippen LogP contribution in [0.2, 0.25) is 0 Å². The van der Waals surface area contributed by atoms with Gasteiger partial charge in [-0.15, -0.1) is 0 Å². The number of aliphatic hydroxyl groups is 2. The Labute approximate surface area is 223 Å². The molecule has 1 aromatic rings. The lowest BCUT2D eigenvalue weighted by Gasteiger charge is -2.52. The molecule has 0 radical (unpaired) electrons. The van der Waals surface area contributed by atoms with Gasteiger partial charge in [-0.1, -0.05) is 62.9 Å². The minimum atomic E-state index is -1.83. The van der Waals surface area contributed by atoms with Gasteiger partial charge in [-0.3, -0.25) is 14.4 Å². The van der Waals surface area contributed by atoms with Crippen molar-refractivity contribution in [2.75, 3.05) is 0 Å². The second-order valence-electron chi connectivity index (χ2n) is 11.7. The van der Waals surface area contributed by atoms with E-state index in [-0.39, 0.29) is 23.7 Å². The van der Waals surface area contributed by atoms with Crippen molar-refractivity contribution < 1.29 is 34.1 Å². The standard InChI is InChI=1S/C30H37NO7/c1-15-10-9-13-20-23(33)17(3)16(2)22-21(14-19-11-7-6-8-12-19)31-28(35)30(20,22)27(37-18(4)32)24-26(38-24)29(5,36)25(15)34/h6-9,11-13,15-16,20-24,26-27,33,36H,3,10,14H2,1-2,4-5H3,(H,31,35)/b13-9-/t15-,16+,20?,21-,22-,23+,24+,26+,27+,29-,30-/m0/s1. The molecule has 8 nitrogen and oxygen atoms in total. The van der Waals surface area contributed by atoms with Crippen molar-refractivity contribution in [3.05, 3.63) is 60.2 Å².